The lowest BCUT2D eigenvalue weighted by Gasteiger charge is -2.11. The van der Waals surface area contributed by atoms with Crippen LogP contribution in [0.3, 0.4) is 0 Å². The van der Waals surface area contributed by atoms with E-state index < -0.39 is 0 Å². The van der Waals surface area contributed by atoms with Crippen molar-refractivity contribution in [3.05, 3.63) is 169 Å². The van der Waals surface area contributed by atoms with Crippen molar-refractivity contribution in [2.75, 3.05) is 0 Å². The van der Waals surface area contributed by atoms with Crippen LogP contribution in [0.5, 0.6) is 11.5 Å². The van der Waals surface area contributed by atoms with E-state index in [1.807, 2.05) is 47.4 Å². The number of nitrogens with zero attached hydrogens (tertiary/aromatic N) is 6. The van der Waals surface area contributed by atoms with E-state index in [1.54, 1.807) is 0 Å². The average molecular weight is 687 g/mol. The van der Waals surface area contributed by atoms with Gasteiger partial charge < -0.3 is 4.74 Å². The summed E-state index contributed by atoms with van der Waals surface area (Å²) in [7, 11) is 0. The van der Waals surface area contributed by atoms with Crippen molar-refractivity contribution in [1.29, 1.82) is 0 Å². The highest BCUT2D eigenvalue weighted by molar-refractivity contribution is 6.10. The van der Waals surface area contributed by atoms with Gasteiger partial charge in [0.05, 0.1) is 33.4 Å². The van der Waals surface area contributed by atoms with Crippen LogP contribution in [0, 0.1) is 20.8 Å². The van der Waals surface area contributed by atoms with Crippen molar-refractivity contribution >= 4 is 43.6 Å². The fourth-order valence-corrected chi connectivity index (χ4v) is 7.88. The van der Waals surface area contributed by atoms with Gasteiger partial charge in [-0.05, 0) is 105 Å². The van der Waals surface area contributed by atoms with E-state index in [1.165, 1.54) is 5.39 Å². The van der Waals surface area contributed by atoms with Crippen LogP contribution < -0.4 is 4.74 Å². The van der Waals surface area contributed by atoms with Gasteiger partial charge in [0.15, 0.2) is 0 Å². The van der Waals surface area contributed by atoms with Crippen LogP contribution in [0.1, 0.15) is 17.0 Å². The van der Waals surface area contributed by atoms with Gasteiger partial charge in [-0.2, -0.15) is 5.10 Å². The molecular formula is C46H34N6O. The fourth-order valence-electron chi connectivity index (χ4n) is 7.88. The second-order valence-corrected chi connectivity index (χ2v) is 13.6. The molecule has 10 rings (SSSR count). The number of rotatable bonds is 6. The molecule has 0 aliphatic heterocycles. The average Bonchev–Trinajstić information content (AvgIpc) is 3.80. The molecule has 0 saturated carbocycles. The first kappa shape index (κ1) is 30.8. The van der Waals surface area contributed by atoms with Gasteiger partial charge in [0.25, 0.3) is 0 Å². The zero-order valence-electron chi connectivity index (χ0n) is 29.5. The molecule has 5 aromatic carbocycles. The van der Waals surface area contributed by atoms with Gasteiger partial charge in [-0.15, -0.1) is 0 Å². The zero-order chi connectivity index (χ0) is 35.6. The highest BCUT2D eigenvalue weighted by Gasteiger charge is 2.19. The van der Waals surface area contributed by atoms with E-state index in [4.69, 9.17) is 19.8 Å². The summed E-state index contributed by atoms with van der Waals surface area (Å²) in [6, 6.07) is 48.2. The van der Waals surface area contributed by atoms with Gasteiger partial charge in [0.2, 0.25) is 0 Å². The van der Waals surface area contributed by atoms with E-state index in [-0.39, 0.29) is 0 Å². The molecule has 0 aliphatic carbocycles. The van der Waals surface area contributed by atoms with Gasteiger partial charge in [-0.3, -0.25) is 9.13 Å². The maximum Gasteiger partial charge on any atom is 0.138 e. The molecule has 53 heavy (non-hydrogen) atoms. The molecule has 0 amide bonds. The molecule has 0 fully saturated rings. The van der Waals surface area contributed by atoms with Crippen LogP contribution >= 0.6 is 0 Å². The Morgan fingerprint density at radius 3 is 1.66 bits per heavy atom. The maximum absolute atomic E-state index is 6.68. The summed E-state index contributed by atoms with van der Waals surface area (Å²) in [5, 5.41) is 9.54. The molecule has 5 aromatic heterocycles. The highest BCUT2D eigenvalue weighted by atomic mass is 16.5. The number of pyridine rings is 2. The first-order chi connectivity index (χ1) is 26.0. The zero-order valence-corrected chi connectivity index (χ0v) is 29.5. The second kappa shape index (κ2) is 12.1. The van der Waals surface area contributed by atoms with Crippen LogP contribution in [0.15, 0.2) is 152 Å². The molecule has 0 bridgehead atoms. The Bertz CT molecular complexity index is 3020. The number of benzene rings is 5. The van der Waals surface area contributed by atoms with Gasteiger partial charge >= 0.3 is 0 Å². The SMILES string of the molecule is Cc1ccnc(-n2c3ccccc3c3ccc(Oc4ccc5c6ccccc6n(-c6cc(-c7c(C)nn(-c8ccccc8)c7C)ccn6)c5c4)cc32)c1. The molecular weight excluding hydrogens is 653 g/mol. The molecule has 0 saturated heterocycles. The molecule has 0 N–H and O–H groups in total. The predicted octanol–water partition coefficient (Wildman–Crippen LogP) is 11.2. The van der Waals surface area contributed by atoms with Crippen LogP contribution in [0.2, 0.25) is 0 Å². The first-order valence-corrected chi connectivity index (χ1v) is 17.8. The summed E-state index contributed by atoms with van der Waals surface area (Å²) < 4.78 is 13.2. The molecule has 0 unspecified atom stereocenters. The third kappa shape index (κ3) is 5.00. The number of aryl methyl sites for hydroxylation is 2. The quantitative estimate of drug-likeness (QED) is 0.175. The van der Waals surface area contributed by atoms with Crippen LogP contribution in [-0.4, -0.2) is 28.9 Å². The molecule has 0 aliphatic rings. The smallest absolute Gasteiger partial charge is 0.138 e. The van der Waals surface area contributed by atoms with Gasteiger partial charge in [0, 0.05) is 57.3 Å². The molecule has 254 valence electrons. The number of ether oxygens (including phenoxy) is 1. The Hall–Kier alpha value is -6.99. The number of para-hydroxylation sites is 3. The molecule has 7 nitrogen and oxygen atoms in total. The van der Waals surface area contributed by atoms with Crippen LogP contribution in [0.25, 0.3) is 72.1 Å². The van der Waals surface area contributed by atoms with E-state index in [2.05, 4.69) is 139 Å². The van der Waals surface area contributed by atoms with Crippen molar-refractivity contribution < 1.29 is 4.74 Å². The minimum absolute atomic E-state index is 0.740. The molecule has 5 heterocycles. The Kier molecular flexibility index (Phi) is 7.01. The standard InChI is InChI=1S/C46H34N6O/c1-29-21-23-47-44(25-29)50-40-15-9-7-13-36(40)38-19-17-34(27-42(38)50)53-35-18-20-39-37-14-8-10-16-41(37)51(43(39)28-35)45-26-32(22-24-48-45)46-30(2)49-52(31(46)3)33-11-5-4-6-12-33/h4-28H,1-3H3. The predicted molar refractivity (Wildman–Crippen MR) is 214 cm³/mol. The fraction of sp³-hybridized carbons (Fsp3) is 0.0652. The van der Waals surface area contributed by atoms with Crippen LogP contribution in [0.4, 0.5) is 0 Å². The lowest BCUT2D eigenvalue weighted by atomic mass is 10.0. The Morgan fingerprint density at radius 2 is 1.04 bits per heavy atom. The second-order valence-electron chi connectivity index (χ2n) is 13.6. The maximum atomic E-state index is 6.68. The van der Waals surface area contributed by atoms with Gasteiger partial charge in [-0.1, -0.05) is 54.6 Å². The molecule has 10 aromatic rings. The Labute approximate surface area is 306 Å². The van der Waals surface area contributed by atoms with Gasteiger partial charge in [0.1, 0.15) is 23.1 Å². The van der Waals surface area contributed by atoms with Gasteiger partial charge in [-0.25, -0.2) is 14.6 Å². The van der Waals surface area contributed by atoms with Crippen molar-refractivity contribution in [3.63, 3.8) is 0 Å². The third-order valence-electron chi connectivity index (χ3n) is 10.2. The summed E-state index contributed by atoms with van der Waals surface area (Å²) >= 11 is 0. The van der Waals surface area contributed by atoms with Crippen molar-refractivity contribution in [2.45, 2.75) is 20.8 Å². The van der Waals surface area contributed by atoms with Crippen LogP contribution in [-0.2, 0) is 0 Å². The summed E-state index contributed by atoms with van der Waals surface area (Å²) in [6.45, 7) is 6.29. The molecule has 0 atom stereocenters. The van der Waals surface area contributed by atoms with E-state index in [0.29, 0.717) is 0 Å². The normalized spacial score (nSPS) is 11.7. The van der Waals surface area contributed by atoms with Crippen molar-refractivity contribution in [2.24, 2.45) is 0 Å². The monoisotopic (exact) mass is 686 g/mol. The first-order valence-electron chi connectivity index (χ1n) is 17.8. The summed E-state index contributed by atoms with van der Waals surface area (Å²) in [5.74, 6) is 3.20. The lowest BCUT2D eigenvalue weighted by molar-refractivity contribution is 0.484. The Morgan fingerprint density at radius 1 is 0.491 bits per heavy atom. The minimum atomic E-state index is 0.740. The minimum Gasteiger partial charge on any atom is -0.457 e. The molecule has 0 radical (unpaired) electrons. The van der Waals surface area contributed by atoms with E-state index >= 15 is 0 Å². The topological polar surface area (TPSA) is 62.7 Å². The number of hydrogen-bond donors (Lipinski definition) is 0. The third-order valence-corrected chi connectivity index (χ3v) is 10.2. The molecule has 7 heteroatoms. The summed E-state index contributed by atoms with van der Waals surface area (Å²) in [6.07, 6.45) is 3.76. The van der Waals surface area contributed by atoms with Crippen molar-refractivity contribution in [3.8, 4) is 39.9 Å². The number of hydrogen-bond acceptors (Lipinski definition) is 4. The van der Waals surface area contributed by atoms with Crippen molar-refractivity contribution in [1.82, 2.24) is 28.9 Å². The number of fused-ring (bicyclic) bond motifs is 6. The van der Waals surface area contributed by atoms with E-state index in [0.717, 1.165) is 95.1 Å². The van der Waals surface area contributed by atoms with E-state index in [9.17, 15) is 0 Å². The summed E-state index contributed by atoms with van der Waals surface area (Å²) in [4.78, 5) is 9.68. The largest absolute Gasteiger partial charge is 0.457 e. The molecule has 0 spiro atoms. The highest BCUT2D eigenvalue weighted by Crippen LogP contribution is 2.38. The summed E-state index contributed by atoms with van der Waals surface area (Å²) in [5.41, 5.74) is 10.7. The number of aromatic nitrogens is 6. The lowest BCUT2D eigenvalue weighted by Crippen LogP contribution is -1.99. The Balaban J connectivity index is 1.09.